The van der Waals surface area contributed by atoms with Crippen molar-refractivity contribution in [1.82, 2.24) is 0 Å². The molecule has 2 nitrogen and oxygen atoms in total. The highest BCUT2D eigenvalue weighted by molar-refractivity contribution is 6.36. The highest BCUT2D eigenvalue weighted by Crippen LogP contribution is 2.32. The van der Waals surface area contributed by atoms with Gasteiger partial charge in [-0.1, -0.05) is 17.7 Å². The Morgan fingerprint density at radius 3 is 2.83 bits per heavy atom. The third kappa shape index (κ3) is 0.916. The van der Waals surface area contributed by atoms with Crippen molar-refractivity contribution in [3.05, 3.63) is 28.3 Å². The van der Waals surface area contributed by atoms with Crippen LogP contribution in [0, 0.1) is 0 Å². The topological polar surface area (TPSA) is 43.1 Å². The van der Waals surface area contributed by atoms with E-state index in [0.29, 0.717) is 22.7 Å². The predicted molar refractivity (Wildman–Crippen MR) is 48.5 cm³/mol. The second kappa shape index (κ2) is 2.49. The van der Waals surface area contributed by atoms with Gasteiger partial charge in [0.1, 0.15) is 0 Å². The summed E-state index contributed by atoms with van der Waals surface area (Å²) in [5.41, 5.74) is 7.73. The van der Waals surface area contributed by atoms with Gasteiger partial charge in [-0.25, -0.2) is 0 Å². The first-order valence-electron chi connectivity index (χ1n) is 3.80. The van der Waals surface area contributed by atoms with E-state index in [9.17, 15) is 4.79 Å². The molecule has 0 spiro atoms. The average molecular weight is 182 g/mol. The molecular formula is C9H8ClNO. The van der Waals surface area contributed by atoms with E-state index in [-0.39, 0.29) is 5.78 Å². The molecule has 1 aliphatic rings. The smallest absolute Gasteiger partial charge is 0.165 e. The van der Waals surface area contributed by atoms with Crippen molar-refractivity contribution in [2.45, 2.75) is 12.8 Å². The SMILES string of the molecule is Nc1ccc2c(c1Cl)C(=O)CC2. The number of hydrogen-bond acceptors (Lipinski definition) is 2. The molecule has 2 rings (SSSR count). The first kappa shape index (κ1) is 7.62. The molecule has 0 atom stereocenters. The summed E-state index contributed by atoms with van der Waals surface area (Å²) in [6.07, 6.45) is 1.37. The van der Waals surface area contributed by atoms with E-state index >= 15 is 0 Å². The third-order valence-electron chi connectivity index (χ3n) is 2.16. The van der Waals surface area contributed by atoms with Gasteiger partial charge in [-0.2, -0.15) is 0 Å². The normalized spacial score (nSPS) is 14.9. The van der Waals surface area contributed by atoms with Gasteiger partial charge in [0.2, 0.25) is 0 Å². The van der Waals surface area contributed by atoms with Crippen molar-refractivity contribution in [2.75, 3.05) is 5.73 Å². The van der Waals surface area contributed by atoms with E-state index in [2.05, 4.69) is 0 Å². The van der Waals surface area contributed by atoms with Crippen molar-refractivity contribution in [3.8, 4) is 0 Å². The van der Waals surface area contributed by atoms with E-state index in [1.165, 1.54) is 0 Å². The molecule has 12 heavy (non-hydrogen) atoms. The molecule has 1 aliphatic carbocycles. The lowest BCUT2D eigenvalue weighted by atomic mass is 10.1. The summed E-state index contributed by atoms with van der Waals surface area (Å²) in [7, 11) is 0. The maximum absolute atomic E-state index is 11.3. The van der Waals surface area contributed by atoms with E-state index in [1.54, 1.807) is 6.07 Å². The number of nitrogens with two attached hydrogens (primary N) is 1. The fourth-order valence-electron chi connectivity index (χ4n) is 1.52. The molecule has 1 aromatic rings. The summed E-state index contributed by atoms with van der Waals surface area (Å²) in [6.45, 7) is 0. The van der Waals surface area contributed by atoms with Crippen molar-refractivity contribution in [3.63, 3.8) is 0 Å². The van der Waals surface area contributed by atoms with Crippen LogP contribution in [0.3, 0.4) is 0 Å². The molecule has 0 bridgehead atoms. The van der Waals surface area contributed by atoms with Crippen LogP contribution >= 0.6 is 11.6 Å². The van der Waals surface area contributed by atoms with Crippen LogP contribution in [-0.4, -0.2) is 5.78 Å². The monoisotopic (exact) mass is 181 g/mol. The third-order valence-corrected chi connectivity index (χ3v) is 2.57. The van der Waals surface area contributed by atoms with Crippen LogP contribution in [-0.2, 0) is 6.42 Å². The summed E-state index contributed by atoms with van der Waals surface area (Å²) in [4.78, 5) is 11.3. The van der Waals surface area contributed by atoms with Crippen molar-refractivity contribution in [1.29, 1.82) is 0 Å². The Morgan fingerprint density at radius 1 is 1.33 bits per heavy atom. The van der Waals surface area contributed by atoms with Gasteiger partial charge < -0.3 is 5.73 Å². The Morgan fingerprint density at radius 2 is 2.08 bits per heavy atom. The second-order valence-corrected chi connectivity index (χ2v) is 3.30. The summed E-state index contributed by atoms with van der Waals surface area (Å²) >= 11 is 5.89. The number of anilines is 1. The van der Waals surface area contributed by atoms with Gasteiger partial charge >= 0.3 is 0 Å². The number of hydrogen-bond donors (Lipinski definition) is 1. The summed E-state index contributed by atoms with van der Waals surface area (Å²) in [6, 6.07) is 3.63. The summed E-state index contributed by atoms with van der Waals surface area (Å²) in [5, 5.41) is 0.426. The van der Waals surface area contributed by atoms with Gasteiger partial charge in [0, 0.05) is 12.0 Å². The molecule has 0 aromatic heterocycles. The molecule has 3 heteroatoms. The van der Waals surface area contributed by atoms with Gasteiger partial charge in [0.05, 0.1) is 10.7 Å². The van der Waals surface area contributed by atoms with Crippen LogP contribution in [0.1, 0.15) is 22.3 Å². The second-order valence-electron chi connectivity index (χ2n) is 2.93. The number of carbonyl (C=O) groups excluding carboxylic acids is 1. The number of nitrogen functional groups attached to an aromatic ring is 1. The van der Waals surface area contributed by atoms with Gasteiger partial charge in [-0.3, -0.25) is 4.79 Å². The number of aryl methyl sites for hydroxylation is 1. The molecule has 0 saturated heterocycles. The largest absolute Gasteiger partial charge is 0.398 e. The first-order valence-corrected chi connectivity index (χ1v) is 4.18. The van der Waals surface area contributed by atoms with E-state index in [1.807, 2.05) is 6.07 Å². The Labute approximate surface area is 75.3 Å². The Hall–Kier alpha value is -1.02. The van der Waals surface area contributed by atoms with Crippen LogP contribution < -0.4 is 5.73 Å². The van der Waals surface area contributed by atoms with Gasteiger partial charge in [0.25, 0.3) is 0 Å². The molecule has 62 valence electrons. The Bertz CT molecular complexity index is 360. The predicted octanol–water partition coefficient (Wildman–Crippen LogP) is 2.05. The number of ketones is 1. The van der Waals surface area contributed by atoms with Gasteiger partial charge in [-0.15, -0.1) is 0 Å². The molecule has 2 N–H and O–H groups in total. The van der Waals surface area contributed by atoms with Crippen LogP contribution in [0.5, 0.6) is 0 Å². The lowest BCUT2D eigenvalue weighted by Gasteiger charge is -2.02. The fraction of sp³-hybridized carbons (Fsp3) is 0.222. The minimum Gasteiger partial charge on any atom is -0.398 e. The number of benzene rings is 1. The highest BCUT2D eigenvalue weighted by atomic mass is 35.5. The molecule has 0 radical (unpaired) electrons. The molecule has 0 fully saturated rings. The summed E-state index contributed by atoms with van der Waals surface area (Å²) in [5.74, 6) is 0.113. The highest BCUT2D eigenvalue weighted by Gasteiger charge is 2.23. The quantitative estimate of drug-likeness (QED) is 0.623. The Balaban J connectivity index is 2.71. The molecule has 1 aromatic carbocycles. The maximum atomic E-state index is 11.3. The fourth-order valence-corrected chi connectivity index (χ4v) is 1.80. The van der Waals surface area contributed by atoms with Crippen LogP contribution in [0.2, 0.25) is 5.02 Å². The molecule has 0 heterocycles. The standard InChI is InChI=1S/C9H8ClNO/c10-9-6(11)3-1-5-2-4-7(12)8(5)9/h1,3H,2,4,11H2. The molecule has 0 saturated carbocycles. The van der Waals surface area contributed by atoms with Crippen LogP contribution in [0.15, 0.2) is 12.1 Å². The molecule has 0 unspecified atom stereocenters. The van der Waals surface area contributed by atoms with Crippen molar-refractivity contribution in [2.24, 2.45) is 0 Å². The average Bonchev–Trinajstić information content (AvgIpc) is 2.41. The zero-order valence-electron chi connectivity index (χ0n) is 6.43. The number of rotatable bonds is 0. The van der Waals surface area contributed by atoms with Crippen LogP contribution in [0.4, 0.5) is 5.69 Å². The number of carbonyl (C=O) groups is 1. The van der Waals surface area contributed by atoms with E-state index < -0.39 is 0 Å². The zero-order valence-corrected chi connectivity index (χ0v) is 7.19. The summed E-state index contributed by atoms with van der Waals surface area (Å²) < 4.78 is 0. The minimum atomic E-state index is 0.113. The van der Waals surface area contributed by atoms with Crippen molar-refractivity contribution < 1.29 is 4.79 Å². The lowest BCUT2D eigenvalue weighted by Crippen LogP contribution is -1.96. The Kier molecular flexibility index (Phi) is 1.58. The van der Waals surface area contributed by atoms with E-state index in [0.717, 1.165) is 12.0 Å². The molecular weight excluding hydrogens is 174 g/mol. The molecule has 0 aliphatic heterocycles. The minimum absolute atomic E-state index is 0.113. The zero-order chi connectivity index (χ0) is 8.72. The van der Waals surface area contributed by atoms with Gasteiger partial charge in [-0.05, 0) is 18.1 Å². The molecule has 0 amide bonds. The number of halogens is 1. The van der Waals surface area contributed by atoms with E-state index in [4.69, 9.17) is 17.3 Å². The maximum Gasteiger partial charge on any atom is 0.165 e. The first-order chi connectivity index (χ1) is 5.70. The van der Waals surface area contributed by atoms with Crippen LogP contribution in [0.25, 0.3) is 0 Å². The number of Topliss-reactive ketones (excluding diaryl/α,β-unsaturated/α-hetero) is 1. The van der Waals surface area contributed by atoms with Crippen molar-refractivity contribution >= 4 is 23.1 Å². The van der Waals surface area contributed by atoms with Gasteiger partial charge in [0.15, 0.2) is 5.78 Å². The number of fused-ring (bicyclic) bond motifs is 1. The lowest BCUT2D eigenvalue weighted by molar-refractivity contribution is 0.0995.